The molecule has 4 heteroatoms. The fraction of sp³-hybridized carbons (Fsp3) is 0.294. The third-order valence-corrected chi connectivity index (χ3v) is 4.65. The predicted octanol–water partition coefficient (Wildman–Crippen LogP) is 4.33. The van der Waals surface area contributed by atoms with Crippen molar-refractivity contribution in [2.24, 2.45) is 0 Å². The molecule has 0 amide bonds. The number of rotatable bonds is 3. The minimum atomic E-state index is -0.222. The summed E-state index contributed by atoms with van der Waals surface area (Å²) in [5, 5.41) is 3.26. The van der Waals surface area contributed by atoms with Crippen molar-refractivity contribution in [3.8, 4) is 5.75 Å². The van der Waals surface area contributed by atoms with Crippen LogP contribution in [0.25, 0.3) is 0 Å². The van der Waals surface area contributed by atoms with Crippen molar-refractivity contribution in [1.82, 2.24) is 5.32 Å². The number of fused-ring (bicyclic) bond motifs is 1. The average molecular weight is 303 g/mol. The molecule has 1 aliphatic rings. The van der Waals surface area contributed by atoms with Gasteiger partial charge >= 0.3 is 0 Å². The van der Waals surface area contributed by atoms with Crippen LogP contribution in [0, 0.1) is 5.82 Å². The van der Waals surface area contributed by atoms with E-state index in [0.717, 1.165) is 23.3 Å². The van der Waals surface area contributed by atoms with Crippen LogP contribution in [0.1, 0.15) is 29.7 Å². The summed E-state index contributed by atoms with van der Waals surface area (Å²) in [5.74, 6) is 0.543. The van der Waals surface area contributed by atoms with Gasteiger partial charge in [0.2, 0.25) is 0 Å². The molecule has 1 N–H and O–H groups in total. The fourth-order valence-electron chi connectivity index (χ4n) is 2.74. The van der Waals surface area contributed by atoms with E-state index >= 15 is 0 Å². The van der Waals surface area contributed by atoms with Gasteiger partial charge in [-0.3, -0.25) is 0 Å². The third kappa shape index (κ3) is 2.92. The first-order chi connectivity index (χ1) is 10.2. The number of ether oxygens (including phenoxy) is 1. The molecule has 1 heterocycles. The second kappa shape index (κ2) is 6.08. The molecule has 21 heavy (non-hydrogen) atoms. The van der Waals surface area contributed by atoms with Crippen LogP contribution in [0.4, 0.5) is 4.39 Å². The molecule has 2 unspecified atom stereocenters. The summed E-state index contributed by atoms with van der Waals surface area (Å²) in [6.45, 7) is 0. The highest BCUT2D eigenvalue weighted by atomic mass is 32.2. The minimum absolute atomic E-state index is 0.00341. The molecule has 0 saturated carbocycles. The Balaban J connectivity index is 1.90. The largest absolute Gasteiger partial charge is 0.485 e. The van der Waals surface area contributed by atoms with E-state index in [1.807, 2.05) is 7.05 Å². The Morgan fingerprint density at radius 1 is 1.19 bits per heavy atom. The van der Waals surface area contributed by atoms with Crippen LogP contribution < -0.4 is 10.1 Å². The van der Waals surface area contributed by atoms with E-state index in [9.17, 15) is 4.39 Å². The maximum Gasteiger partial charge on any atom is 0.126 e. The lowest BCUT2D eigenvalue weighted by molar-refractivity contribution is 0.153. The van der Waals surface area contributed by atoms with Crippen LogP contribution in [-0.4, -0.2) is 13.3 Å². The Bertz CT molecular complexity index is 629. The molecule has 0 aliphatic carbocycles. The van der Waals surface area contributed by atoms with E-state index < -0.39 is 0 Å². The molecule has 0 bridgehead atoms. The summed E-state index contributed by atoms with van der Waals surface area (Å²) in [7, 11) is 1.90. The summed E-state index contributed by atoms with van der Waals surface area (Å²) < 4.78 is 19.5. The highest BCUT2D eigenvalue weighted by molar-refractivity contribution is 7.98. The lowest BCUT2D eigenvalue weighted by atomic mass is 9.93. The van der Waals surface area contributed by atoms with Gasteiger partial charge in [-0.15, -0.1) is 11.8 Å². The number of halogens is 1. The van der Waals surface area contributed by atoms with Crippen LogP contribution in [0.5, 0.6) is 5.75 Å². The first-order valence-corrected chi connectivity index (χ1v) is 8.21. The summed E-state index contributed by atoms with van der Waals surface area (Å²) in [6, 6.07) is 13.3. The molecule has 2 aromatic carbocycles. The maximum absolute atomic E-state index is 13.4. The van der Waals surface area contributed by atoms with Crippen molar-refractivity contribution in [2.75, 3.05) is 13.3 Å². The molecule has 0 aromatic heterocycles. The van der Waals surface area contributed by atoms with E-state index in [1.54, 1.807) is 23.9 Å². The van der Waals surface area contributed by atoms with Crippen molar-refractivity contribution in [1.29, 1.82) is 0 Å². The van der Waals surface area contributed by atoms with E-state index in [0.29, 0.717) is 0 Å². The van der Waals surface area contributed by atoms with E-state index in [-0.39, 0.29) is 18.0 Å². The number of benzene rings is 2. The van der Waals surface area contributed by atoms with Crippen LogP contribution in [0.15, 0.2) is 47.4 Å². The van der Waals surface area contributed by atoms with Gasteiger partial charge in [0.1, 0.15) is 17.7 Å². The molecule has 2 aromatic rings. The van der Waals surface area contributed by atoms with Crippen molar-refractivity contribution < 1.29 is 9.13 Å². The van der Waals surface area contributed by atoms with Gasteiger partial charge < -0.3 is 10.1 Å². The van der Waals surface area contributed by atoms with Crippen LogP contribution in [0.3, 0.4) is 0 Å². The Hall–Kier alpha value is -1.52. The highest BCUT2D eigenvalue weighted by Gasteiger charge is 2.28. The highest BCUT2D eigenvalue weighted by Crippen LogP contribution is 2.41. The number of hydrogen-bond donors (Lipinski definition) is 1. The Morgan fingerprint density at radius 2 is 1.95 bits per heavy atom. The van der Waals surface area contributed by atoms with Crippen LogP contribution in [0.2, 0.25) is 0 Å². The smallest absolute Gasteiger partial charge is 0.126 e. The normalized spacial score (nSPS) is 20.7. The van der Waals surface area contributed by atoms with E-state index in [1.165, 1.54) is 11.0 Å². The second-order valence-electron chi connectivity index (χ2n) is 5.14. The number of nitrogens with one attached hydrogen (secondary N) is 1. The fourth-order valence-corrected chi connectivity index (χ4v) is 3.15. The molecule has 2 atom stereocenters. The van der Waals surface area contributed by atoms with Gasteiger partial charge in [0.15, 0.2) is 0 Å². The van der Waals surface area contributed by atoms with E-state index in [2.05, 4.69) is 35.8 Å². The Labute approximate surface area is 128 Å². The van der Waals surface area contributed by atoms with Gasteiger partial charge in [-0.25, -0.2) is 4.39 Å². The first kappa shape index (κ1) is 14.4. The zero-order valence-corrected chi connectivity index (χ0v) is 12.9. The Morgan fingerprint density at radius 3 is 2.62 bits per heavy atom. The zero-order chi connectivity index (χ0) is 14.8. The molecule has 0 fully saturated rings. The third-order valence-electron chi connectivity index (χ3n) is 3.90. The standard InChI is InChI=1S/C17H18FNOS/c1-19-15-10-17(11-3-6-13(21-2)7-4-11)20-16-8-5-12(18)9-14(15)16/h3-9,15,17,19H,10H2,1-2H3. The van der Waals surface area contributed by atoms with Gasteiger partial charge in [-0.05, 0) is 49.2 Å². The van der Waals surface area contributed by atoms with Crippen molar-refractivity contribution in [2.45, 2.75) is 23.5 Å². The molecule has 0 saturated heterocycles. The molecule has 110 valence electrons. The predicted molar refractivity (Wildman–Crippen MR) is 84.4 cm³/mol. The van der Waals surface area contributed by atoms with Gasteiger partial charge in [-0.1, -0.05) is 12.1 Å². The summed E-state index contributed by atoms with van der Waals surface area (Å²) in [4.78, 5) is 1.24. The molecule has 1 aliphatic heterocycles. The van der Waals surface area contributed by atoms with Crippen molar-refractivity contribution in [3.63, 3.8) is 0 Å². The quantitative estimate of drug-likeness (QED) is 0.853. The van der Waals surface area contributed by atoms with Gasteiger partial charge in [-0.2, -0.15) is 0 Å². The Kier molecular flexibility index (Phi) is 4.17. The number of thioether (sulfide) groups is 1. The zero-order valence-electron chi connectivity index (χ0n) is 12.1. The molecular weight excluding hydrogens is 285 g/mol. The lowest BCUT2D eigenvalue weighted by Gasteiger charge is -2.32. The molecule has 3 rings (SSSR count). The van der Waals surface area contributed by atoms with Gasteiger partial charge in [0.05, 0.1) is 0 Å². The molecule has 2 nitrogen and oxygen atoms in total. The summed E-state index contributed by atoms with van der Waals surface area (Å²) in [5.41, 5.74) is 2.05. The summed E-state index contributed by atoms with van der Waals surface area (Å²) >= 11 is 1.72. The topological polar surface area (TPSA) is 21.3 Å². The van der Waals surface area contributed by atoms with Crippen molar-refractivity contribution in [3.05, 3.63) is 59.4 Å². The average Bonchev–Trinajstić information content (AvgIpc) is 2.54. The minimum Gasteiger partial charge on any atom is -0.485 e. The number of hydrogen-bond acceptors (Lipinski definition) is 3. The van der Waals surface area contributed by atoms with Crippen LogP contribution in [-0.2, 0) is 0 Å². The van der Waals surface area contributed by atoms with Crippen LogP contribution >= 0.6 is 11.8 Å². The van der Waals surface area contributed by atoms with E-state index in [4.69, 9.17) is 4.74 Å². The first-order valence-electron chi connectivity index (χ1n) is 6.98. The molecular formula is C17H18FNOS. The second-order valence-corrected chi connectivity index (χ2v) is 6.02. The maximum atomic E-state index is 13.4. The molecule has 0 spiro atoms. The summed E-state index contributed by atoms with van der Waals surface area (Å²) in [6.07, 6.45) is 2.86. The van der Waals surface area contributed by atoms with Gasteiger partial charge in [0, 0.05) is 22.9 Å². The van der Waals surface area contributed by atoms with Crippen molar-refractivity contribution >= 4 is 11.8 Å². The SMILES string of the molecule is CNC1CC(c2ccc(SC)cc2)Oc2ccc(F)cc21. The monoisotopic (exact) mass is 303 g/mol. The van der Waals surface area contributed by atoms with Gasteiger partial charge in [0.25, 0.3) is 0 Å². The molecule has 0 radical (unpaired) electrons. The lowest BCUT2D eigenvalue weighted by Crippen LogP contribution is -2.26.